The standard InChI is InChI=1S/C12H15O/c1-10(2)8-12(9-13)11-6-4-3-5-7-11/h3-7,10,12H,8H2,1-2H3. The molecule has 1 rings (SSSR count). The van der Waals surface area contributed by atoms with Crippen molar-refractivity contribution in [1.82, 2.24) is 0 Å². The highest BCUT2D eigenvalue weighted by atomic mass is 16.1. The molecule has 0 aliphatic rings. The van der Waals surface area contributed by atoms with E-state index in [1.165, 1.54) is 0 Å². The maximum absolute atomic E-state index is 10.7. The van der Waals surface area contributed by atoms with Gasteiger partial charge < -0.3 is 0 Å². The summed E-state index contributed by atoms with van der Waals surface area (Å²) in [6.45, 7) is 4.24. The van der Waals surface area contributed by atoms with Gasteiger partial charge in [0.1, 0.15) is 0 Å². The van der Waals surface area contributed by atoms with E-state index in [9.17, 15) is 4.79 Å². The third-order valence-corrected chi connectivity index (χ3v) is 2.05. The van der Waals surface area contributed by atoms with Crippen LogP contribution in [0.15, 0.2) is 30.3 Å². The number of benzene rings is 1. The van der Waals surface area contributed by atoms with Crippen molar-refractivity contribution in [3.63, 3.8) is 0 Å². The van der Waals surface area contributed by atoms with Gasteiger partial charge in [-0.25, -0.2) is 0 Å². The summed E-state index contributed by atoms with van der Waals surface area (Å²) in [6, 6.07) is 9.84. The molecule has 69 valence electrons. The van der Waals surface area contributed by atoms with E-state index >= 15 is 0 Å². The first-order chi connectivity index (χ1) is 6.24. The fraction of sp³-hybridized carbons (Fsp3) is 0.417. The number of hydrogen-bond acceptors (Lipinski definition) is 1. The zero-order valence-corrected chi connectivity index (χ0v) is 8.16. The number of hydrogen-bond donors (Lipinski definition) is 0. The van der Waals surface area contributed by atoms with Crippen LogP contribution in [0.25, 0.3) is 0 Å². The van der Waals surface area contributed by atoms with Crippen LogP contribution in [-0.2, 0) is 4.79 Å². The Kier molecular flexibility index (Phi) is 3.69. The highest BCUT2D eigenvalue weighted by Gasteiger charge is 2.12. The molecule has 1 aromatic carbocycles. The van der Waals surface area contributed by atoms with Crippen LogP contribution in [0, 0.1) is 5.92 Å². The first-order valence-electron chi connectivity index (χ1n) is 4.66. The summed E-state index contributed by atoms with van der Waals surface area (Å²) in [5, 5.41) is 0. The van der Waals surface area contributed by atoms with Gasteiger partial charge in [0.15, 0.2) is 0 Å². The Morgan fingerprint density at radius 3 is 2.31 bits per heavy atom. The Labute approximate surface area is 79.8 Å². The summed E-state index contributed by atoms with van der Waals surface area (Å²) >= 11 is 0. The quantitative estimate of drug-likeness (QED) is 0.687. The molecule has 0 saturated heterocycles. The minimum absolute atomic E-state index is 0.0544. The Morgan fingerprint density at radius 2 is 1.85 bits per heavy atom. The van der Waals surface area contributed by atoms with E-state index in [0.717, 1.165) is 12.0 Å². The van der Waals surface area contributed by atoms with Crippen LogP contribution in [-0.4, -0.2) is 6.29 Å². The first kappa shape index (κ1) is 9.97. The Morgan fingerprint density at radius 1 is 1.23 bits per heavy atom. The molecule has 1 heteroatoms. The Hall–Kier alpha value is -1.11. The van der Waals surface area contributed by atoms with Crippen molar-refractivity contribution in [2.45, 2.75) is 26.2 Å². The van der Waals surface area contributed by atoms with Gasteiger partial charge in [-0.05, 0) is 17.9 Å². The molecule has 1 nitrogen and oxygen atoms in total. The monoisotopic (exact) mass is 175 g/mol. The molecular weight excluding hydrogens is 160 g/mol. The molecule has 0 saturated carbocycles. The van der Waals surface area contributed by atoms with Crippen molar-refractivity contribution in [1.29, 1.82) is 0 Å². The lowest BCUT2D eigenvalue weighted by Gasteiger charge is -2.11. The lowest BCUT2D eigenvalue weighted by Crippen LogP contribution is -2.03. The van der Waals surface area contributed by atoms with E-state index in [-0.39, 0.29) is 5.92 Å². The highest BCUT2D eigenvalue weighted by Crippen LogP contribution is 2.20. The molecular formula is C12H15O. The van der Waals surface area contributed by atoms with Gasteiger partial charge in [-0.3, -0.25) is 4.79 Å². The predicted octanol–water partition coefficient (Wildman–Crippen LogP) is 2.93. The molecule has 0 bridgehead atoms. The van der Waals surface area contributed by atoms with Crippen LogP contribution < -0.4 is 0 Å². The highest BCUT2D eigenvalue weighted by molar-refractivity contribution is 5.62. The molecule has 0 fully saturated rings. The average molecular weight is 175 g/mol. The maximum atomic E-state index is 10.7. The molecule has 0 spiro atoms. The SMILES string of the molecule is CC(C)CC([C]=O)c1ccccc1. The normalized spacial score (nSPS) is 12.8. The zero-order chi connectivity index (χ0) is 9.68. The molecule has 1 aromatic rings. The molecule has 0 aliphatic heterocycles. The van der Waals surface area contributed by atoms with Crippen LogP contribution >= 0.6 is 0 Å². The lowest BCUT2D eigenvalue weighted by atomic mass is 9.92. The van der Waals surface area contributed by atoms with E-state index in [2.05, 4.69) is 20.1 Å². The smallest absolute Gasteiger partial charge is 0.206 e. The van der Waals surface area contributed by atoms with Crippen molar-refractivity contribution in [2.24, 2.45) is 5.92 Å². The lowest BCUT2D eigenvalue weighted by molar-refractivity contribution is 0.507. The van der Waals surface area contributed by atoms with Crippen LogP contribution in [0.4, 0.5) is 0 Å². The zero-order valence-electron chi connectivity index (χ0n) is 8.16. The molecule has 13 heavy (non-hydrogen) atoms. The molecule has 0 N–H and O–H groups in total. The first-order valence-corrected chi connectivity index (χ1v) is 4.66. The van der Waals surface area contributed by atoms with Crippen LogP contribution in [0.5, 0.6) is 0 Å². The summed E-state index contributed by atoms with van der Waals surface area (Å²) in [6.07, 6.45) is 2.98. The predicted molar refractivity (Wildman–Crippen MR) is 54.3 cm³/mol. The molecule has 0 aromatic heterocycles. The van der Waals surface area contributed by atoms with Crippen LogP contribution in [0.2, 0.25) is 0 Å². The average Bonchev–Trinajstić information content (AvgIpc) is 2.15. The topological polar surface area (TPSA) is 17.1 Å². The van der Waals surface area contributed by atoms with Gasteiger partial charge in [0.2, 0.25) is 6.29 Å². The van der Waals surface area contributed by atoms with Crippen LogP contribution in [0.1, 0.15) is 31.7 Å². The summed E-state index contributed by atoms with van der Waals surface area (Å²) in [5.41, 5.74) is 1.08. The summed E-state index contributed by atoms with van der Waals surface area (Å²) in [4.78, 5) is 10.7. The van der Waals surface area contributed by atoms with Gasteiger partial charge in [-0.2, -0.15) is 0 Å². The minimum Gasteiger partial charge on any atom is -0.290 e. The second kappa shape index (κ2) is 4.80. The second-order valence-electron chi connectivity index (χ2n) is 3.71. The molecule has 1 radical (unpaired) electrons. The van der Waals surface area contributed by atoms with Crippen molar-refractivity contribution in [2.75, 3.05) is 0 Å². The molecule has 0 amide bonds. The van der Waals surface area contributed by atoms with E-state index in [1.54, 1.807) is 0 Å². The minimum atomic E-state index is -0.0544. The van der Waals surface area contributed by atoms with Crippen LogP contribution in [0.3, 0.4) is 0 Å². The largest absolute Gasteiger partial charge is 0.290 e. The van der Waals surface area contributed by atoms with E-state index < -0.39 is 0 Å². The third kappa shape index (κ3) is 3.02. The Balaban J connectivity index is 2.73. The molecule has 0 aliphatic carbocycles. The molecule has 1 unspecified atom stereocenters. The van der Waals surface area contributed by atoms with Crippen molar-refractivity contribution >= 4 is 6.29 Å². The van der Waals surface area contributed by atoms with Crippen molar-refractivity contribution in [3.8, 4) is 0 Å². The fourth-order valence-corrected chi connectivity index (χ4v) is 1.41. The Bertz CT molecular complexity index is 251. The summed E-state index contributed by atoms with van der Waals surface area (Å²) in [5.74, 6) is 0.479. The van der Waals surface area contributed by atoms with Gasteiger partial charge in [-0.15, -0.1) is 0 Å². The third-order valence-electron chi connectivity index (χ3n) is 2.05. The fourth-order valence-electron chi connectivity index (χ4n) is 1.41. The van der Waals surface area contributed by atoms with Gasteiger partial charge >= 0.3 is 0 Å². The van der Waals surface area contributed by atoms with Gasteiger partial charge in [0.25, 0.3) is 0 Å². The summed E-state index contributed by atoms with van der Waals surface area (Å²) in [7, 11) is 0. The molecule has 1 atom stereocenters. The second-order valence-corrected chi connectivity index (χ2v) is 3.71. The van der Waals surface area contributed by atoms with Crippen molar-refractivity contribution in [3.05, 3.63) is 35.9 Å². The molecule has 0 heterocycles. The van der Waals surface area contributed by atoms with Crippen molar-refractivity contribution < 1.29 is 4.79 Å². The van der Waals surface area contributed by atoms with Gasteiger partial charge in [0, 0.05) is 0 Å². The van der Waals surface area contributed by atoms with E-state index in [4.69, 9.17) is 0 Å². The number of carbonyl (C=O) groups excluding carboxylic acids is 1. The van der Waals surface area contributed by atoms with Gasteiger partial charge in [0.05, 0.1) is 5.92 Å². The van der Waals surface area contributed by atoms with E-state index in [0.29, 0.717) is 5.92 Å². The van der Waals surface area contributed by atoms with Gasteiger partial charge in [-0.1, -0.05) is 44.2 Å². The maximum Gasteiger partial charge on any atom is 0.206 e. The summed E-state index contributed by atoms with van der Waals surface area (Å²) < 4.78 is 0. The number of rotatable bonds is 4. The van der Waals surface area contributed by atoms with E-state index in [1.807, 2.05) is 30.3 Å².